The summed E-state index contributed by atoms with van der Waals surface area (Å²) in [4.78, 5) is 53.8. The van der Waals surface area contributed by atoms with Gasteiger partial charge in [-0.25, -0.2) is 19.6 Å². The van der Waals surface area contributed by atoms with Crippen molar-refractivity contribution in [1.29, 1.82) is 0 Å². The number of nitrogen functional groups attached to an aromatic ring is 1. The Bertz CT molecular complexity index is 1420. The molecule has 1 aromatic carbocycles. The van der Waals surface area contributed by atoms with E-state index in [-0.39, 0.29) is 31.4 Å². The standard InChI is InChI=1S/C21H23ClN8O3.C2HF3O2/c1-13-14(6-7-17(23)27-13)10-25-18(31)12-30-9-8-24-19(20(30)32)28-29-21(33)26-11-15-4-2-3-5-16(15)22;3-2(4,5)1(6)7/h2-9H,10-12H2,1H3,(H2,23,27)(H,24,28)(H,25,31)(H2,26,29,33);(H,6,7). The average Bonchev–Trinajstić information content (AvgIpc) is 2.88. The van der Waals surface area contributed by atoms with E-state index in [9.17, 15) is 27.6 Å². The summed E-state index contributed by atoms with van der Waals surface area (Å²) < 4.78 is 32.9. The van der Waals surface area contributed by atoms with Crippen LogP contribution in [0.3, 0.4) is 0 Å². The van der Waals surface area contributed by atoms with Gasteiger partial charge in [0.2, 0.25) is 11.7 Å². The number of hydrazine groups is 1. The van der Waals surface area contributed by atoms with E-state index in [0.29, 0.717) is 16.5 Å². The summed E-state index contributed by atoms with van der Waals surface area (Å²) in [5, 5.41) is 13.0. The highest BCUT2D eigenvalue weighted by molar-refractivity contribution is 6.31. The highest BCUT2D eigenvalue weighted by Gasteiger charge is 2.38. The van der Waals surface area contributed by atoms with E-state index in [1.807, 2.05) is 0 Å². The number of alkyl halides is 3. The highest BCUT2D eigenvalue weighted by atomic mass is 35.5. The second-order valence-corrected chi connectivity index (χ2v) is 8.20. The lowest BCUT2D eigenvalue weighted by Gasteiger charge is -2.12. The van der Waals surface area contributed by atoms with Gasteiger partial charge in [-0.15, -0.1) is 0 Å². The number of rotatable bonds is 8. The maximum absolute atomic E-state index is 12.6. The summed E-state index contributed by atoms with van der Waals surface area (Å²) in [7, 11) is 0. The van der Waals surface area contributed by atoms with Crippen LogP contribution >= 0.6 is 11.6 Å². The zero-order valence-corrected chi connectivity index (χ0v) is 21.5. The number of urea groups is 1. The molecule has 0 fully saturated rings. The first-order chi connectivity index (χ1) is 18.8. The molecule has 17 heteroatoms. The van der Waals surface area contributed by atoms with Gasteiger partial charge in [-0.2, -0.15) is 13.2 Å². The molecule has 0 aliphatic carbocycles. The number of halogens is 4. The number of aliphatic carboxylic acids is 1. The van der Waals surface area contributed by atoms with Gasteiger partial charge >= 0.3 is 18.2 Å². The summed E-state index contributed by atoms with van der Waals surface area (Å²) in [5.74, 6) is -2.88. The number of carboxylic acid groups (broad SMARTS) is 1. The van der Waals surface area contributed by atoms with Crippen LogP contribution in [0.25, 0.3) is 0 Å². The minimum atomic E-state index is -5.08. The van der Waals surface area contributed by atoms with Gasteiger partial charge in [0.15, 0.2) is 0 Å². The molecule has 214 valence electrons. The van der Waals surface area contributed by atoms with Gasteiger partial charge in [-0.1, -0.05) is 35.9 Å². The van der Waals surface area contributed by atoms with Crippen molar-refractivity contribution in [3.8, 4) is 0 Å². The minimum absolute atomic E-state index is 0.142. The number of carbonyl (C=O) groups excluding carboxylic acids is 2. The average molecular weight is 585 g/mol. The first-order valence-corrected chi connectivity index (χ1v) is 11.5. The maximum Gasteiger partial charge on any atom is 0.490 e. The van der Waals surface area contributed by atoms with Crippen LogP contribution in [-0.4, -0.2) is 43.7 Å². The van der Waals surface area contributed by atoms with Crippen molar-refractivity contribution in [2.75, 3.05) is 11.2 Å². The van der Waals surface area contributed by atoms with Crippen LogP contribution in [0.2, 0.25) is 5.02 Å². The largest absolute Gasteiger partial charge is 0.490 e. The molecular formula is C23H24ClF3N8O5. The molecule has 2 aromatic heterocycles. The summed E-state index contributed by atoms with van der Waals surface area (Å²) in [5.41, 5.74) is 12.1. The normalized spacial score (nSPS) is 10.5. The number of amides is 3. The first-order valence-electron chi connectivity index (χ1n) is 11.2. The lowest BCUT2D eigenvalue weighted by Crippen LogP contribution is -2.41. The Hall–Kier alpha value is -4.86. The molecule has 0 aliphatic rings. The molecule has 40 heavy (non-hydrogen) atoms. The van der Waals surface area contributed by atoms with E-state index in [4.69, 9.17) is 27.2 Å². The molecule has 3 aromatic rings. The van der Waals surface area contributed by atoms with Gasteiger partial charge in [0.05, 0.1) is 0 Å². The Kier molecular flexibility index (Phi) is 11.2. The Labute approximate surface area is 229 Å². The van der Waals surface area contributed by atoms with Crippen LogP contribution in [0, 0.1) is 6.92 Å². The van der Waals surface area contributed by atoms with E-state index in [1.54, 1.807) is 43.3 Å². The van der Waals surface area contributed by atoms with Crippen molar-refractivity contribution in [2.24, 2.45) is 0 Å². The quantitative estimate of drug-likeness (QED) is 0.215. The topological polar surface area (TPSA) is 193 Å². The van der Waals surface area contributed by atoms with Crippen molar-refractivity contribution in [3.05, 3.63) is 81.0 Å². The number of aromatic nitrogens is 3. The van der Waals surface area contributed by atoms with E-state index in [1.165, 1.54) is 17.0 Å². The van der Waals surface area contributed by atoms with Crippen molar-refractivity contribution >= 4 is 41.1 Å². The zero-order valence-electron chi connectivity index (χ0n) is 20.8. The fraction of sp³-hybridized carbons (Fsp3) is 0.217. The van der Waals surface area contributed by atoms with Crippen LogP contribution in [0.5, 0.6) is 0 Å². The summed E-state index contributed by atoms with van der Waals surface area (Å²) in [6.45, 7) is 2.01. The molecule has 0 saturated heterocycles. The van der Waals surface area contributed by atoms with Gasteiger partial charge in [0.1, 0.15) is 12.4 Å². The molecule has 0 aliphatic heterocycles. The molecule has 0 bridgehead atoms. The Morgan fingerprint density at radius 1 is 1.07 bits per heavy atom. The third-order valence-corrected chi connectivity index (χ3v) is 5.22. The molecule has 3 amide bonds. The number of nitrogens with two attached hydrogens (primary N) is 1. The van der Waals surface area contributed by atoms with Gasteiger partial charge < -0.3 is 26.0 Å². The number of carboxylic acids is 1. The number of nitrogens with one attached hydrogen (secondary N) is 4. The first kappa shape index (κ1) is 31.4. The van der Waals surface area contributed by atoms with Crippen LogP contribution in [0.1, 0.15) is 16.8 Å². The second kappa shape index (κ2) is 14.3. The second-order valence-electron chi connectivity index (χ2n) is 7.79. The number of aryl methyl sites for hydroxylation is 1. The lowest BCUT2D eigenvalue weighted by atomic mass is 10.2. The smallest absolute Gasteiger partial charge is 0.475 e. The van der Waals surface area contributed by atoms with Crippen molar-refractivity contribution in [1.82, 2.24) is 30.6 Å². The number of benzene rings is 1. The predicted molar refractivity (Wildman–Crippen MR) is 138 cm³/mol. The Morgan fingerprint density at radius 3 is 2.35 bits per heavy atom. The number of carbonyl (C=O) groups is 3. The molecule has 0 saturated carbocycles. The van der Waals surface area contributed by atoms with Crippen LogP contribution in [-0.2, 0) is 29.2 Å². The molecule has 7 N–H and O–H groups in total. The molecule has 0 spiro atoms. The fourth-order valence-corrected chi connectivity index (χ4v) is 3.04. The van der Waals surface area contributed by atoms with E-state index in [2.05, 4.69) is 31.5 Å². The third-order valence-electron chi connectivity index (χ3n) is 4.85. The lowest BCUT2D eigenvalue weighted by molar-refractivity contribution is -0.192. The molecule has 13 nitrogen and oxygen atoms in total. The molecular weight excluding hydrogens is 561 g/mol. The number of hydrogen-bond donors (Lipinski definition) is 6. The number of nitrogens with zero attached hydrogens (tertiary/aromatic N) is 3. The molecule has 0 atom stereocenters. The van der Waals surface area contributed by atoms with E-state index >= 15 is 0 Å². The number of hydrogen-bond acceptors (Lipinski definition) is 8. The predicted octanol–water partition coefficient (Wildman–Crippen LogP) is 1.96. The highest BCUT2D eigenvalue weighted by Crippen LogP contribution is 2.14. The SMILES string of the molecule is Cc1nc(N)ccc1CNC(=O)Cn1ccnc(NNC(=O)NCc2ccccc2Cl)c1=O.O=C(O)C(F)(F)F. The molecule has 0 radical (unpaired) electrons. The van der Waals surface area contributed by atoms with Gasteiger partial charge in [0.25, 0.3) is 5.56 Å². The summed E-state index contributed by atoms with van der Waals surface area (Å²) >= 11 is 6.05. The van der Waals surface area contributed by atoms with E-state index in [0.717, 1.165) is 11.1 Å². The summed E-state index contributed by atoms with van der Waals surface area (Å²) in [6, 6.07) is 9.93. The molecule has 0 unspecified atom stereocenters. The van der Waals surface area contributed by atoms with Crippen LogP contribution in [0.15, 0.2) is 53.6 Å². The Balaban J connectivity index is 0.000000708. The van der Waals surface area contributed by atoms with Crippen molar-refractivity contribution in [2.45, 2.75) is 32.7 Å². The van der Waals surface area contributed by atoms with Crippen molar-refractivity contribution in [3.63, 3.8) is 0 Å². The van der Waals surface area contributed by atoms with Crippen LogP contribution in [0.4, 0.5) is 29.6 Å². The van der Waals surface area contributed by atoms with Gasteiger partial charge in [-0.05, 0) is 30.2 Å². The van der Waals surface area contributed by atoms with E-state index < -0.39 is 23.7 Å². The Morgan fingerprint density at radius 2 is 1.73 bits per heavy atom. The van der Waals surface area contributed by atoms with Crippen LogP contribution < -0.4 is 32.8 Å². The third kappa shape index (κ3) is 10.1. The number of pyridine rings is 1. The summed E-state index contributed by atoms with van der Waals surface area (Å²) in [6.07, 6.45) is -2.37. The number of anilines is 2. The zero-order chi connectivity index (χ0) is 29.9. The molecule has 2 heterocycles. The molecule has 3 rings (SSSR count). The van der Waals surface area contributed by atoms with Crippen molar-refractivity contribution < 1.29 is 32.7 Å². The maximum atomic E-state index is 12.6. The minimum Gasteiger partial charge on any atom is -0.475 e. The van der Waals surface area contributed by atoms with Gasteiger partial charge in [0, 0.05) is 36.2 Å². The van der Waals surface area contributed by atoms with Gasteiger partial charge in [-0.3, -0.25) is 20.4 Å². The fourth-order valence-electron chi connectivity index (χ4n) is 2.84. The monoisotopic (exact) mass is 584 g/mol.